The molecule has 0 unspecified atom stereocenters. The maximum atomic E-state index is 11.9. The highest BCUT2D eigenvalue weighted by atomic mass is 79.9. The summed E-state index contributed by atoms with van der Waals surface area (Å²) in [4.78, 5) is 11.9. The molecule has 1 N–H and O–H groups in total. The van der Waals surface area contributed by atoms with Crippen LogP contribution in [0.2, 0.25) is 15.1 Å². The monoisotopic (exact) mass is 405 g/mol. The molecule has 6 heteroatoms. The van der Waals surface area contributed by atoms with Crippen LogP contribution in [-0.2, 0) is 11.2 Å². The van der Waals surface area contributed by atoms with Crippen LogP contribution in [0.15, 0.2) is 40.9 Å². The number of rotatable bonds is 4. The van der Waals surface area contributed by atoms with Gasteiger partial charge in [-0.1, -0.05) is 40.9 Å². The van der Waals surface area contributed by atoms with Crippen LogP contribution >= 0.6 is 50.7 Å². The van der Waals surface area contributed by atoms with Crippen molar-refractivity contribution in [3.05, 3.63) is 61.5 Å². The van der Waals surface area contributed by atoms with Crippen molar-refractivity contribution in [1.29, 1.82) is 0 Å². The molecule has 0 bridgehead atoms. The minimum absolute atomic E-state index is 0.0978. The van der Waals surface area contributed by atoms with Crippen LogP contribution in [0.3, 0.4) is 0 Å². The van der Waals surface area contributed by atoms with E-state index in [2.05, 4.69) is 21.2 Å². The van der Waals surface area contributed by atoms with Gasteiger partial charge in [-0.05, 0) is 58.2 Å². The molecule has 0 saturated heterocycles. The van der Waals surface area contributed by atoms with Crippen molar-refractivity contribution in [2.75, 3.05) is 5.32 Å². The minimum Gasteiger partial charge on any atom is -0.326 e. The van der Waals surface area contributed by atoms with E-state index in [1.165, 1.54) is 0 Å². The van der Waals surface area contributed by atoms with Crippen LogP contribution in [0.1, 0.15) is 12.0 Å². The molecule has 2 aromatic rings. The Morgan fingerprint density at radius 2 is 1.81 bits per heavy atom. The molecule has 0 atom stereocenters. The molecule has 1 amide bonds. The summed E-state index contributed by atoms with van der Waals surface area (Å²) >= 11 is 21.2. The van der Waals surface area contributed by atoms with Crippen molar-refractivity contribution in [2.24, 2.45) is 0 Å². The molecule has 0 heterocycles. The standard InChI is InChI=1S/C15H11BrCl3NO/c16-12-5-4-11(8-14(12)19)20-15(21)6-2-9-1-3-10(17)7-13(9)18/h1,3-5,7-8H,2,6H2,(H,20,21). The third-order valence-corrected chi connectivity index (χ3v) is 4.66. The second-order valence-corrected chi connectivity index (χ2v) is 6.52. The lowest BCUT2D eigenvalue weighted by atomic mass is 10.1. The fraction of sp³-hybridized carbons (Fsp3) is 0.133. The maximum Gasteiger partial charge on any atom is 0.224 e. The Bertz CT molecular complexity index is 676. The minimum atomic E-state index is -0.0978. The smallest absolute Gasteiger partial charge is 0.224 e. The summed E-state index contributed by atoms with van der Waals surface area (Å²) in [5.74, 6) is -0.0978. The second kappa shape index (κ2) is 7.50. The molecule has 0 aliphatic carbocycles. The molecule has 2 aromatic carbocycles. The van der Waals surface area contributed by atoms with Crippen molar-refractivity contribution in [2.45, 2.75) is 12.8 Å². The van der Waals surface area contributed by atoms with Gasteiger partial charge in [-0.15, -0.1) is 0 Å². The molecule has 2 rings (SSSR count). The van der Waals surface area contributed by atoms with Gasteiger partial charge in [0.25, 0.3) is 0 Å². The SMILES string of the molecule is O=C(CCc1ccc(Cl)cc1Cl)Nc1ccc(Br)c(Cl)c1. The lowest BCUT2D eigenvalue weighted by Crippen LogP contribution is -2.12. The number of nitrogens with one attached hydrogen (secondary N) is 1. The van der Waals surface area contributed by atoms with Crippen molar-refractivity contribution >= 4 is 62.3 Å². The van der Waals surface area contributed by atoms with Gasteiger partial charge in [0.05, 0.1) is 5.02 Å². The summed E-state index contributed by atoms with van der Waals surface area (Å²) in [6, 6.07) is 10.5. The third-order valence-electron chi connectivity index (χ3n) is 2.84. The highest BCUT2D eigenvalue weighted by Crippen LogP contribution is 2.26. The van der Waals surface area contributed by atoms with E-state index in [1.54, 1.807) is 30.3 Å². The Morgan fingerprint density at radius 1 is 1.05 bits per heavy atom. The number of carbonyl (C=O) groups excluding carboxylic acids is 1. The Labute approximate surface area is 146 Å². The summed E-state index contributed by atoms with van der Waals surface area (Å²) in [5.41, 5.74) is 1.56. The van der Waals surface area contributed by atoms with E-state index in [1.807, 2.05) is 6.07 Å². The van der Waals surface area contributed by atoms with Crippen LogP contribution < -0.4 is 5.32 Å². The first-order valence-corrected chi connectivity index (χ1v) is 8.07. The lowest BCUT2D eigenvalue weighted by molar-refractivity contribution is -0.116. The molecular weight excluding hydrogens is 396 g/mol. The zero-order chi connectivity index (χ0) is 15.4. The van der Waals surface area contributed by atoms with Gasteiger partial charge in [-0.2, -0.15) is 0 Å². The normalized spacial score (nSPS) is 10.5. The van der Waals surface area contributed by atoms with E-state index in [4.69, 9.17) is 34.8 Å². The lowest BCUT2D eigenvalue weighted by Gasteiger charge is -2.07. The van der Waals surface area contributed by atoms with E-state index in [9.17, 15) is 4.79 Å². The fourth-order valence-electron chi connectivity index (χ4n) is 1.77. The van der Waals surface area contributed by atoms with E-state index >= 15 is 0 Å². The number of amides is 1. The molecule has 0 aromatic heterocycles. The van der Waals surface area contributed by atoms with Crippen molar-refractivity contribution < 1.29 is 4.79 Å². The quantitative estimate of drug-likeness (QED) is 0.664. The molecule has 21 heavy (non-hydrogen) atoms. The van der Waals surface area contributed by atoms with E-state index in [-0.39, 0.29) is 5.91 Å². The van der Waals surface area contributed by atoms with E-state index < -0.39 is 0 Å². The number of hydrogen-bond acceptors (Lipinski definition) is 1. The van der Waals surface area contributed by atoms with Gasteiger partial charge in [0.1, 0.15) is 0 Å². The molecule has 0 spiro atoms. The number of carbonyl (C=O) groups is 1. The molecule has 0 aliphatic heterocycles. The summed E-state index contributed by atoms with van der Waals surface area (Å²) in [5, 5.41) is 4.50. The van der Waals surface area contributed by atoms with Gasteiger partial charge in [-0.25, -0.2) is 0 Å². The number of benzene rings is 2. The van der Waals surface area contributed by atoms with Crippen LogP contribution in [0.25, 0.3) is 0 Å². The van der Waals surface area contributed by atoms with Gasteiger partial charge in [0, 0.05) is 26.6 Å². The highest BCUT2D eigenvalue weighted by molar-refractivity contribution is 9.10. The highest BCUT2D eigenvalue weighted by Gasteiger charge is 2.07. The first kappa shape index (κ1) is 16.6. The topological polar surface area (TPSA) is 29.1 Å². The Hall–Kier alpha value is -0.740. The summed E-state index contributed by atoms with van der Waals surface area (Å²) in [6.45, 7) is 0. The van der Waals surface area contributed by atoms with Crippen molar-refractivity contribution in [1.82, 2.24) is 0 Å². The first-order chi connectivity index (χ1) is 9.95. The van der Waals surface area contributed by atoms with Crippen molar-refractivity contribution in [3.63, 3.8) is 0 Å². The Balaban J connectivity index is 1.94. The molecule has 0 fully saturated rings. The van der Waals surface area contributed by atoms with Gasteiger partial charge >= 0.3 is 0 Å². The molecule has 0 aliphatic rings. The summed E-state index contributed by atoms with van der Waals surface area (Å²) < 4.78 is 0.787. The average Bonchev–Trinajstić information content (AvgIpc) is 2.42. The van der Waals surface area contributed by atoms with Crippen LogP contribution in [0.5, 0.6) is 0 Å². The molecule has 0 saturated carbocycles. The zero-order valence-electron chi connectivity index (χ0n) is 10.8. The Kier molecular flexibility index (Phi) is 5.94. The van der Waals surface area contributed by atoms with Crippen LogP contribution in [0, 0.1) is 0 Å². The average molecular weight is 408 g/mol. The molecule has 0 radical (unpaired) electrons. The number of hydrogen-bond donors (Lipinski definition) is 1. The summed E-state index contributed by atoms with van der Waals surface area (Å²) in [7, 11) is 0. The number of anilines is 1. The third kappa shape index (κ3) is 4.89. The fourth-order valence-corrected chi connectivity index (χ4v) is 2.70. The number of aryl methyl sites for hydroxylation is 1. The number of halogens is 4. The predicted molar refractivity (Wildman–Crippen MR) is 92.6 cm³/mol. The maximum absolute atomic E-state index is 11.9. The largest absolute Gasteiger partial charge is 0.326 e. The molecule has 2 nitrogen and oxygen atoms in total. The van der Waals surface area contributed by atoms with Gasteiger partial charge in [-0.3, -0.25) is 4.79 Å². The second-order valence-electron chi connectivity index (χ2n) is 4.41. The first-order valence-electron chi connectivity index (χ1n) is 6.14. The van der Waals surface area contributed by atoms with Gasteiger partial charge < -0.3 is 5.32 Å². The molecular formula is C15H11BrCl3NO. The predicted octanol–water partition coefficient (Wildman–Crippen LogP) is 5.98. The molecule has 110 valence electrons. The summed E-state index contributed by atoms with van der Waals surface area (Å²) in [6.07, 6.45) is 0.876. The van der Waals surface area contributed by atoms with Crippen molar-refractivity contribution in [3.8, 4) is 0 Å². The van der Waals surface area contributed by atoms with E-state index in [0.717, 1.165) is 10.0 Å². The van der Waals surface area contributed by atoms with Gasteiger partial charge in [0.2, 0.25) is 5.91 Å². The van der Waals surface area contributed by atoms with Gasteiger partial charge in [0.15, 0.2) is 0 Å². The Morgan fingerprint density at radius 3 is 2.48 bits per heavy atom. The van der Waals surface area contributed by atoms with E-state index in [0.29, 0.717) is 33.6 Å². The van der Waals surface area contributed by atoms with Crippen LogP contribution in [-0.4, -0.2) is 5.91 Å². The zero-order valence-corrected chi connectivity index (χ0v) is 14.7. The van der Waals surface area contributed by atoms with Crippen LogP contribution in [0.4, 0.5) is 5.69 Å².